The van der Waals surface area contributed by atoms with Gasteiger partial charge in [-0.1, -0.05) is 54.1 Å². The molecule has 4 heterocycles. The van der Waals surface area contributed by atoms with Crippen molar-refractivity contribution < 1.29 is 4.39 Å². The van der Waals surface area contributed by atoms with Crippen LogP contribution in [0.1, 0.15) is 6.42 Å². The smallest absolute Gasteiger partial charge is 0.228 e. The molecular weight excluding hydrogens is 487 g/mol. The highest BCUT2D eigenvalue weighted by Crippen LogP contribution is 2.45. The number of aromatic nitrogens is 2. The molecule has 0 bridgehead atoms. The van der Waals surface area contributed by atoms with Crippen molar-refractivity contribution >= 4 is 45.0 Å². The predicted molar refractivity (Wildman–Crippen MR) is 149 cm³/mol. The Hall–Kier alpha value is -3.00. The highest BCUT2D eigenvalue weighted by Gasteiger charge is 2.46. The SMILES string of the molecule is CN(C)C1CN(c2nc(N3CC4(CCNC4)C3)c3cc(Cl)c(-c4cccc5ccccc45)c(F)c3n2)C1. The second kappa shape index (κ2) is 8.51. The van der Waals surface area contributed by atoms with Crippen LogP contribution in [0.3, 0.4) is 0 Å². The zero-order chi connectivity index (χ0) is 25.3. The van der Waals surface area contributed by atoms with E-state index in [9.17, 15) is 0 Å². The fourth-order valence-corrected chi connectivity index (χ4v) is 6.46. The van der Waals surface area contributed by atoms with Crippen molar-refractivity contribution in [1.29, 1.82) is 0 Å². The van der Waals surface area contributed by atoms with Gasteiger partial charge in [-0.3, -0.25) is 0 Å². The Morgan fingerprint density at radius 2 is 1.81 bits per heavy atom. The van der Waals surface area contributed by atoms with E-state index < -0.39 is 0 Å². The van der Waals surface area contributed by atoms with Crippen molar-refractivity contribution in [1.82, 2.24) is 20.2 Å². The van der Waals surface area contributed by atoms with Gasteiger partial charge in [0.1, 0.15) is 11.3 Å². The molecule has 1 N–H and O–H groups in total. The Bertz CT molecular complexity index is 1510. The van der Waals surface area contributed by atoms with Crippen molar-refractivity contribution in [3.8, 4) is 11.1 Å². The van der Waals surface area contributed by atoms with Crippen LogP contribution in [0.25, 0.3) is 32.8 Å². The van der Waals surface area contributed by atoms with E-state index in [1.54, 1.807) is 0 Å². The van der Waals surface area contributed by atoms with Gasteiger partial charge in [0.25, 0.3) is 0 Å². The maximum absolute atomic E-state index is 16.5. The third kappa shape index (κ3) is 3.67. The molecule has 4 aromatic rings. The Morgan fingerprint density at radius 3 is 2.57 bits per heavy atom. The summed E-state index contributed by atoms with van der Waals surface area (Å²) < 4.78 is 16.5. The van der Waals surface area contributed by atoms with Gasteiger partial charge in [-0.25, -0.2) is 9.37 Å². The average molecular weight is 517 g/mol. The quantitative estimate of drug-likeness (QED) is 0.421. The number of rotatable bonds is 4. The maximum Gasteiger partial charge on any atom is 0.228 e. The van der Waals surface area contributed by atoms with Gasteiger partial charge < -0.3 is 20.0 Å². The standard InChI is InChI=1S/C29H30ClFN6/c1-35(2)19-13-36(14-19)28-33-26-22(27(34-28)37-16-29(17-37)10-11-32-15-29)12-23(30)24(25(26)31)21-9-5-7-18-6-3-4-8-20(18)21/h3-9,12,19,32H,10-11,13-17H2,1-2H3. The first-order valence-corrected chi connectivity index (χ1v) is 13.4. The molecule has 3 aliphatic rings. The monoisotopic (exact) mass is 516 g/mol. The number of likely N-dealkylation sites (N-methyl/N-ethyl adjacent to an activating group) is 1. The van der Waals surface area contributed by atoms with Crippen LogP contribution in [-0.4, -0.2) is 74.3 Å². The molecule has 7 rings (SSSR count). The highest BCUT2D eigenvalue weighted by molar-refractivity contribution is 6.35. The van der Waals surface area contributed by atoms with Gasteiger partial charge in [0.2, 0.25) is 5.95 Å². The molecule has 1 aromatic heterocycles. The number of hydrogen-bond acceptors (Lipinski definition) is 6. The fourth-order valence-electron chi connectivity index (χ4n) is 6.17. The normalized spacial score (nSPS) is 19.3. The fraction of sp³-hybridized carbons (Fsp3) is 0.379. The minimum absolute atomic E-state index is 0.287. The lowest BCUT2D eigenvalue weighted by molar-refractivity contribution is 0.240. The molecule has 3 aliphatic heterocycles. The van der Waals surface area contributed by atoms with Crippen LogP contribution in [0.4, 0.5) is 16.2 Å². The van der Waals surface area contributed by atoms with Gasteiger partial charge in [-0.05, 0) is 49.5 Å². The van der Waals surface area contributed by atoms with Crippen LogP contribution < -0.4 is 15.1 Å². The van der Waals surface area contributed by atoms with Crippen LogP contribution in [0.15, 0.2) is 48.5 Å². The zero-order valence-corrected chi connectivity index (χ0v) is 21.9. The summed E-state index contributed by atoms with van der Waals surface area (Å²) >= 11 is 6.86. The number of fused-ring (bicyclic) bond motifs is 2. The van der Waals surface area contributed by atoms with E-state index >= 15 is 4.39 Å². The Labute approximate surface area is 221 Å². The van der Waals surface area contributed by atoms with E-state index in [1.165, 1.54) is 0 Å². The first-order valence-electron chi connectivity index (χ1n) is 13.0. The second-order valence-electron chi connectivity index (χ2n) is 11.1. The Morgan fingerprint density at radius 1 is 1.03 bits per heavy atom. The van der Waals surface area contributed by atoms with Crippen LogP contribution in [0.5, 0.6) is 0 Å². The van der Waals surface area contributed by atoms with Crippen molar-refractivity contribution in [3.05, 3.63) is 59.4 Å². The van der Waals surface area contributed by atoms with E-state index in [-0.39, 0.29) is 11.2 Å². The minimum atomic E-state index is -0.383. The molecule has 3 fully saturated rings. The molecule has 190 valence electrons. The molecule has 3 aromatic carbocycles. The van der Waals surface area contributed by atoms with E-state index in [2.05, 4.69) is 34.1 Å². The molecule has 8 heteroatoms. The molecule has 3 saturated heterocycles. The molecule has 37 heavy (non-hydrogen) atoms. The summed E-state index contributed by atoms with van der Waals surface area (Å²) in [6.07, 6.45) is 1.16. The molecule has 0 unspecified atom stereocenters. The van der Waals surface area contributed by atoms with E-state index in [4.69, 9.17) is 21.6 Å². The van der Waals surface area contributed by atoms with Crippen LogP contribution >= 0.6 is 11.6 Å². The maximum atomic E-state index is 16.5. The van der Waals surface area contributed by atoms with Gasteiger partial charge in [0.15, 0.2) is 5.82 Å². The van der Waals surface area contributed by atoms with Gasteiger partial charge in [0.05, 0.1) is 5.02 Å². The minimum Gasteiger partial charge on any atom is -0.355 e. The first-order chi connectivity index (χ1) is 17.9. The van der Waals surface area contributed by atoms with Crippen molar-refractivity contribution in [3.63, 3.8) is 0 Å². The zero-order valence-electron chi connectivity index (χ0n) is 21.1. The molecule has 0 atom stereocenters. The Kier molecular flexibility index (Phi) is 5.32. The largest absolute Gasteiger partial charge is 0.355 e. The summed E-state index contributed by atoms with van der Waals surface area (Å²) in [5.74, 6) is 0.999. The third-order valence-electron chi connectivity index (χ3n) is 8.47. The van der Waals surface area contributed by atoms with E-state index in [1.807, 2.05) is 48.5 Å². The molecule has 0 saturated carbocycles. The van der Waals surface area contributed by atoms with Crippen molar-refractivity contribution in [2.24, 2.45) is 5.41 Å². The number of nitrogens with zero attached hydrogens (tertiary/aromatic N) is 5. The number of benzene rings is 3. The van der Waals surface area contributed by atoms with Gasteiger partial charge in [-0.15, -0.1) is 0 Å². The molecule has 0 radical (unpaired) electrons. The van der Waals surface area contributed by atoms with Crippen LogP contribution in [-0.2, 0) is 0 Å². The topological polar surface area (TPSA) is 47.5 Å². The van der Waals surface area contributed by atoms with Crippen molar-refractivity contribution in [2.75, 3.05) is 63.2 Å². The van der Waals surface area contributed by atoms with Crippen LogP contribution in [0, 0.1) is 11.2 Å². The summed E-state index contributed by atoms with van der Waals surface area (Å²) in [7, 11) is 4.17. The molecular formula is C29H30ClFN6. The lowest BCUT2D eigenvalue weighted by atomic mass is 9.79. The summed E-state index contributed by atoms with van der Waals surface area (Å²) in [6.45, 7) is 5.56. The lowest BCUT2D eigenvalue weighted by Gasteiger charge is -2.49. The van der Waals surface area contributed by atoms with E-state index in [0.29, 0.717) is 33.5 Å². The first kappa shape index (κ1) is 23.1. The molecule has 0 amide bonds. The second-order valence-corrected chi connectivity index (χ2v) is 11.5. The average Bonchev–Trinajstić information content (AvgIpc) is 3.33. The van der Waals surface area contributed by atoms with Gasteiger partial charge >= 0.3 is 0 Å². The summed E-state index contributed by atoms with van der Waals surface area (Å²) in [5, 5.41) is 6.57. The number of anilines is 2. The van der Waals surface area contributed by atoms with Gasteiger partial charge in [0, 0.05) is 55.1 Å². The predicted octanol–water partition coefficient (Wildman–Crippen LogP) is 4.79. The summed E-state index contributed by atoms with van der Waals surface area (Å²) in [4.78, 5) is 16.4. The molecule has 6 nitrogen and oxygen atoms in total. The highest BCUT2D eigenvalue weighted by atomic mass is 35.5. The van der Waals surface area contributed by atoms with E-state index in [0.717, 1.165) is 67.8 Å². The summed E-state index contributed by atoms with van der Waals surface area (Å²) in [5.41, 5.74) is 1.80. The summed E-state index contributed by atoms with van der Waals surface area (Å²) in [6, 6.07) is 16.2. The Balaban J connectivity index is 1.38. The molecule has 1 spiro atoms. The lowest BCUT2D eigenvalue weighted by Crippen LogP contribution is -2.59. The third-order valence-corrected chi connectivity index (χ3v) is 8.77. The number of halogens is 2. The molecule has 0 aliphatic carbocycles. The number of hydrogen-bond donors (Lipinski definition) is 1. The number of nitrogens with one attached hydrogen (secondary N) is 1. The van der Waals surface area contributed by atoms with Gasteiger partial charge in [-0.2, -0.15) is 4.98 Å². The van der Waals surface area contributed by atoms with Crippen molar-refractivity contribution in [2.45, 2.75) is 12.5 Å². The van der Waals surface area contributed by atoms with Crippen LogP contribution in [0.2, 0.25) is 5.02 Å².